The molecular weight excluding hydrogens is 1160 g/mol. The summed E-state index contributed by atoms with van der Waals surface area (Å²) in [5.74, 6) is -4.01. The third kappa shape index (κ3) is 17.2. The highest BCUT2D eigenvalue weighted by Gasteiger charge is 2.64. The number of hydrogen-bond donors (Lipinski definition) is 5. The van der Waals surface area contributed by atoms with Crippen LogP contribution in [0.5, 0.6) is 5.75 Å². The zero-order valence-corrected chi connectivity index (χ0v) is 51.2. The number of halogens is 2. The number of nitrogens with one attached hydrogen (secondary N) is 3. The Morgan fingerprint density at radius 3 is 2.39 bits per heavy atom. The van der Waals surface area contributed by atoms with E-state index in [-0.39, 0.29) is 104 Å². The number of esters is 1. The first-order valence-corrected chi connectivity index (χ1v) is 29.4. The van der Waals surface area contributed by atoms with Gasteiger partial charge in [0.15, 0.2) is 5.78 Å². The average Bonchev–Trinajstić information content (AvgIpc) is 2.74. The minimum Gasteiger partial charge on any atom is -0.495 e. The van der Waals surface area contributed by atoms with Crippen molar-refractivity contribution in [2.24, 2.45) is 29.4 Å². The van der Waals surface area contributed by atoms with E-state index in [0.29, 0.717) is 53.7 Å². The normalized spacial score (nSPS) is 26.4. The van der Waals surface area contributed by atoms with E-state index in [1.54, 1.807) is 70.3 Å². The van der Waals surface area contributed by atoms with Gasteiger partial charge in [-0.15, -0.1) is 0 Å². The van der Waals surface area contributed by atoms with Gasteiger partial charge in [-0.25, -0.2) is 9.59 Å². The Hall–Kier alpha value is -6.20. The van der Waals surface area contributed by atoms with Crippen LogP contribution in [0.1, 0.15) is 123 Å². The summed E-state index contributed by atoms with van der Waals surface area (Å²) in [6.07, 6.45) is 2.68. The Kier molecular flexibility index (Phi) is 23.1. The molecular formula is C60H80BrClN6O15. The van der Waals surface area contributed by atoms with Gasteiger partial charge in [0.1, 0.15) is 46.1 Å². The molecule has 454 valence electrons. The minimum atomic E-state index is -1.65. The topological polar surface area (TPSA) is 292 Å². The molecule has 0 aromatic heterocycles. The summed E-state index contributed by atoms with van der Waals surface area (Å²) in [5.41, 5.74) is 5.09. The van der Waals surface area contributed by atoms with Crippen LogP contribution in [0.25, 0.3) is 0 Å². The standard InChI is InChI=1S/C60H80BrClN6O15/c1-33(2)40(29-39(69)16-11-10-12-22-68-51(72)24-35(4)56(68)75)55(74)65-43(17-14-21-64-57(63)76)45(70)27-37-19-20-42(41(61)25-37)66-58(77)82-49-30-50(71)67(7)44-26-38(28-46(79-8)53(44)62)23-34(3)15-13-18-48(80-9)60(78)31-47(81-52(73)32-60)36(5)54-59(49,6)83-54/h13,15,18-20,25-26,28,33,35-36,40,43,47-49,54,78H,10-12,14,16-17,21-24,27,29-32H2,1-9H3,(H,65,74)(H,66,77)(H3,63,64,76)/b18-13+,34-15+/t35?,36-,40+,43+,47+,48-,49+,54+,59+,60-/m1/s1. The van der Waals surface area contributed by atoms with Crippen molar-refractivity contribution in [2.45, 2.75) is 167 Å². The number of likely N-dealkylation sites (tertiary alicyclic amines) is 1. The van der Waals surface area contributed by atoms with Crippen molar-refractivity contribution in [2.75, 3.05) is 44.6 Å². The number of nitrogens with zero attached hydrogens (tertiary/aromatic N) is 2. The summed E-state index contributed by atoms with van der Waals surface area (Å²) in [5, 5.41) is 20.3. The number of nitrogens with two attached hydrogens (primary N) is 1. The van der Waals surface area contributed by atoms with Crippen LogP contribution in [0, 0.1) is 23.7 Å². The fourth-order valence-electron chi connectivity index (χ4n) is 11.2. The number of unbranched alkanes of at least 4 members (excludes halogenated alkanes) is 2. The maximum Gasteiger partial charge on any atom is 0.412 e. The molecule has 3 fully saturated rings. The van der Waals surface area contributed by atoms with Gasteiger partial charge in [-0.3, -0.25) is 43.8 Å². The number of methoxy groups -OCH3 is 2. The molecule has 0 saturated carbocycles. The summed E-state index contributed by atoms with van der Waals surface area (Å²) < 4.78 is 30.0. The number of fused-ring (bicyclic) bond motifs is 5. The van der Waals surface area contributed by atoms with E-state index in [9.17, 15) is 48.3 Å². The number of Topliss-reactive ketones (excluding diaryl/α,β-unsaturated/α-hetero) is 2. The average molecular weight is 1240 g/mol. The molecule has 3 saturated heterocycles. The summed E-state index contributed by atoms with van der Waals surface area (Å²) in [4.78, 5) is 121. The number of benzene rings is 2. The molecule has 4 aliphatic rings. The predicted molar refractivity (Wildman–Crippen MR) is 312 cm³/mol. The monoisotopic (exact) mass is 1240 g/mol. The zero-order valence-electron chi connectivity index (χ0n) is 48.8. The second-order valence-electron chi connectivity index (χ2n) is 23.0. The van der Waals surface area contributed by atoms with Crippen LogP contribution in [-0.4, -0.2) is 139 Å². The van der Waals surface area contributed by atoms with Gasteiger partial charge < -0.3 is 50.1 Å². The van der Waals surface area contributed by atoms with Crippen LogP contribution in [-0.2, 0) is 65.4 Å². The van der Waals surface area contributed by atoms with Gasteiger partial charge in [-0.2, -0.15) is 0 Å². The number of carbonyl (C=O) groups is 9. The lowest BCUT2D eigenvalue weighted by atomic mass is 9.78. The maximum absolute atomic E-state index is 14.5. The molecule has 4 aliphatic heterocycles. The number of amides is 7. The first-order chi connectivity index (χ1) is 39.2. The molecule has 23 heteroatoms. The maximum atomic E-state index is 14.5. The molecule has 2 aromatic carbocycles. The number of urea groups is 1. The molecule has 0 radical (unpaired) electrons. The lowest BCUT2D eigenvalue weighted by Crippen LogP contribution is -2.53. The molecule has 6 rings (SSSR count). The largest absolute Gasteiger partial charge is 0.495 e. The Morgan fingerprint density at radius 1 is 1.00 bits per heavy atom. The SMILES string of the molecule is COc1cc2cc(c1Cl)N(C)C(=O)C[C@H](OC(=O)Nc1ccc(CC(=O)[C@H](CCCNC(N)=O)NC(=O)[C@@H](CC(=O)CCCCCN3C(=O)CC(C)C3=O)C(C)C)cc1Br)[C@]1(C)O[C@H]1[C@H](C)[C@@H]1C[C@@](O)(CC(=O)O1)[C@H](OC)/C=C/C=C(\C)C2. The number of allylic oxidation sites excluding steroid dienone is 3. The number of hydrogen-bond acceptors (Lipinski definition) is 15. The Labute approximate surface area is 498 Å². The van der Waals surface area contributed by atoms with Crippen molar-refractivity contribution in [1.29, 1.82) is 0 Å². The van der Waals surface area contributed by atoms with E-state index in [2.05, 4.69) is 31.9 Å². The summed E-state index contributed by atoms with van der Waals surface area (Å²) in [7, 11) is 4.47. The molecule has 7 amide bonds. The van der Waals surface area contributed by atoms with Gasteiger partial charge in [0.2, 0.25) is 23.6 Å². The highest BCUT2D eigenvalue weighted by atomic mass is 79.9. The summed E-state index contributed by atoms with van der Waals surface area (Å²) >= 11 is 10.4. The summed E-state index contributed by atoms with van der Waals surface area (Å²) in [6, 6.07) is 6.58. The van der Waals surface area contributed by atoms with Crippen molar-refractivity contribution in [3.8, 4) is 5.75 Å². The first kappa shape index (κ1) is 65.9. The third-order valence-corrected chi connectivity index (χ3v) is 17.2. The van der Waals surface area contributed by atoms with Crippen LogP contribution < -0.4 is 31.3 Å². The molecule has 4 bridgehead atoms. The van der Waals surface area contributed by atoms with Gasteiger partial charge in [0.25, 0.3) is 0 Å². The summed E-state index contributed by atoms with van der Waals surface area (Å²) in [6.45, 7) is 11.2. The fraction of sp³-hybridized carbons (Fsp3) is 0.583. The Bertz CT molecular complexity index is 2850. The van der Waals surface area contributed by atoms with Gasteiger partial charge in [-0.1, -0.05) is 75.6 Å². The van der Waals surface area contributed by atoms with Crippen LogP contribution in [0.2, 0.25) is 5.02 Å². The molecule has 0 spiro atoms. The van der Waals surface area contributed by atoms with E-state index in [4.69, 9.17) is 41.0 Å². The predicted octanol–water partition coefficient (Wildman–Crippen LogP) is 7.62. The van der Waals surface area contributed by atoms with Gasteiger partial charge in [0, 0.05) is 81.6 Å². The highest BCUT2D eigenvalue weighted by molar-refractivity contribution is 9.10. The smallest absolute Gasteiger partial charge is 0.412 e. The number of ether oxygens (including phenoxy) is 5. The van der Waals surface area contributed by atoms with Gasteiger partial charge >= 0.3 is 18.1 Å². The molecule has 2 aromatic rings. The lowest BCUT2D eigenvalue weighted by Gasteiger charge is -2.41. The van der Waals surface area contributed by atoms with Crippen molar-refractivity contribution in [3.63, 3.8) is 0 Å². The van der Waals surface area contributed by atoms with Crippen LogP contribution in [0.15, 0.2) is 58.6 Å². The lowest BCUT2D eigenvalue weighted by molar-refractivity contribution is -0.187. The van der Waals surface area contributed by atoms with Crippen molar-refractivity contribution < 1.29 is 71.9 Å². The van der Waals surface area contributed by atoms with E-state index >= 15 is 0 Å². The Balaban J connectivity index is 1.16. The second kappa shape index (κ2) is 29.1. The number of aliphatic hydroxyl groups is 1. The number of imide groups is 1. The van der Waals surface area contributed by atoms with E-state index < -0.39 is 89.8 Å². The van der Waals surface area contributed by atoms with Gasteiger partial charge in [0.05, 0.1) is 43.5 Å². The van der Waals surface area contributed by atoms with Crippen molar-refractivity contribution >= 4 is 92.2 Å². The molecule has 4 heterocycles. The molecule has 1 unspecified atom stereocenters. The molecule has 10 atom stereocenters. The fourth-order valence-corrected chi connectivity index (χ4v) is 12.0. The minimum absolute atomic E-state index is 0.00134. The van der Waals surface area contributed by atoms with E-state index in [1.807, 2.05) is 26.8 Å². The number of anilines is 2. The second-order valence-corrected chi connectivity index (χ2v) is 24.2. The number of rotatable bonds is 22. The molecule has 83 heavy (non-hydrogen) atoms. The Morgan fingerprint density at radius 2 is 1.73 bits per heavy atom. The van der Waals surface area contributed by atoms with Crippen LogP contribution >= 0.6 is 27.5 Å². The molecule has 21 nitrogen and oxygen atoms in total. The zero-order chi connectivity index (χ0) is 61.1. The number of epoxide rings is 1. The quantitative estimate of drug-likeness (QED) is 0.0328. The molecule has 6 N–H and O–H groups in total. The highest BCUT2D eigenvalue weighted by Crippen LogP contribution is 2.50. The number of carbonyl (C=O) groups excluding carboxylic acids is 9. The third-order valence-electron chi connectivity index (χ3n) is 16.2. The van der Waals surface area contributed by atoms with Gasteiger partial charge in [-0.05, 0) is 103 Å². The van der Waals surface area contributed by atoms with Crippen LogP contribution in [0.3, 0.4) is 0 Å². The van der Waals surface area contributed by atoms with Crippen molar-refractivity contribution in [3.05, 3.63) is 74.8 Å². The first-order valence-electron chi connectivity index (χ1n) is 28.3. The van der Waals surface area contributed by atoms with Crippen molar-refractivity contribution in [1.82, 2.24) is 15.5 Å². The van der Waals surface area contributed by atoms with Crippen LogP contribution in [0.4, 0.5) is 21.0 Å². The number of ketones is 2. The van der Waals surface area contributed by atoms with E-state index in [1.165, 1.54) is 24.0 Å². The molecule has 0 aliphatic carbocycles. The number of primary amides is 1. The van der Waals surface area contributed by atoms with E-state index in [0.717, 1.165) is 11.1 Å².